The van der Waals surface area contributed by atoms with Gasteiger partial charge in [0.2, 0.25) is 0 Å². The first-order chi connectivity index (χ1) is 15.0. The van der Waals surface area contributed by atoms with Crippen molar-refractivity contribution in [3.63, 3.8) is 0 Å². The molecule has 1 aliphatic heterocycles. The molecule has 0 N–H and O–H groups in total. The zero-order valence-corrected chi connectivity index (χ0v) is 19.4. The molecule has 5 nitrogen and oxygen atoms in total. The van der Waals surface area contributed by atoms with E-state index in [0.29, 0.717) is 15.7 Å². The maximum Gasteiger partial charge on any atom is 0.294 e. The van der Waals surface area contributed by atoms with Crippen molar-refractivity contribution in [3.8, 4) is 6.07 Å². The smallest absolute Gasteiger partial charge is 0.294 e. The van der Waals surface area contributed by atoms with Crippen molar-refractivity contribution >= 4 is 52.2 Å². The lowest BCUT2D eigenvalue weighted by atomic mass is 10.3. The number of thioether (sulfide) groups is 1. The van der Waals surface area contributed by atoms with Gasteiger partial charge in [-0.05, 0) is 44.2 Å². The zero-order valence-electron chi connectivity index (χ0n) is 17.0. The molecule has 2 aromatic rings. The van der Waals surface area contributed by atoms with E-state index in [4.69, 9.17) is 23.4 Å². The number of nitrogens with zero attached hydrogens (tertiary/aromatic N) is 4. The van der Waals surface area contributed by atoms with Crippen LogP contribution in [0, 0.1) is 17.9 Å². The molecule has 1 aliphatic rings. The number of allylic oxidation sites excluding steroid dienone is 5. The molecule has 0 fully saturated rings. The van der Waals surface area contributed by atoms with Crippen LogP contribution in [0.3, 0.4) is 0 Å². The van der Waals surface area contributed by atoms with Crippen molar-refractivity contribution in [3.05, 3.63) is 89.6 Å². The number of anilines is 1. The Bertz CT molecular complexity index is 1330. The van der Waals surface area contributed by atoms with E-state index in [1.54, 1.807) is 23.9 Å². The Morgan fingerprint density at radius 2 is 1.97 bits per heavy atom. The standard InChI is InChI=1S/C23H19ClN4OS2/c1-4-27-18-13-12-16(24)14-20(18)30-21(27)11-9-7-6-8-10-19-22(29)28(5-2)23(31-19)17(15-25)26-3/h6-14H,4-5H2,1-2H3. The van der Waals surface area contributed by atoms with Crippen LogP contribution in [-0.4, -0.2) is 11.1 Å². The van der Waals surface area contributed by atoms with E-state index in [0.717, 1.165) is 38.5 Å². The number of halogens is 1. The van der Waals surface area contributed by atoms with Gasteiger partial charge in [0, 0.05) is 23.0 Å². The quantitative estimate of drug-likeness (QED) is 0.481. The molecule has 0 spiro atoms. The van der Waals surface area contributed by atoms with Gasteiger partial charge in [0.15, 0.2) is 0 Å². The maximum absolute atomic E-state index is 12.5. The predicted octanol–water partition coefficient (Wildman–Crippen LogP) is 4.50. The normalized spacial score (nSPS) is 16.2. The summed E-state index contributed by atoms with van der Waals surface area (Å²) in [4.78, 5) is 19.1. The Morgan fingerprint density at radius 3 is 2.61 bits per heavy atom. The van der Waals surface area contributed by atoms with Crippen LogP contribution in [0.1, 0.15) is 13.8 Å². The van der Waals surface area contributed by atoms with E-state index in [1.165, 1.54) is 4.57 Å². The highest BCUT2D eigenvalue weighted by Gasteiger charge is 2.23. The molecule has 3 rings (SSSR count). The van der Waals surface area contributed by atoms with Crippen LogP contribution < -0.4 is 19.7 Å². The number of thiazole rings is 1. The SMILES string of the molecule is [C-]#[N+]C(C#N)=c1sc(=CC=CC=CC=C2Sc3cc(Cl)ccc3N2CC)c(=O)n1CC. The number of aromatic nitrogens is 1. The third-order valence-corrected chi connectivity index (χ3v) is 6.96. The average Bonchev–Trinajstić information content (AvgIpc) is 3.27. The summed E-state index contributed by atoms with van der Waals surface area (Å²) in [5, 5.41) is 11.0. The van der Waals surface area contributed by atoms with E-state index in [-0.39, 0.29) is 11.3 Å². The Kier molecular flexibility index (Phi) is 7.59. The molecule has 0 radical (unpaired) electrons. The number of fused-ring (bicyclic) bond motifs is 1. The third-order valence-electron chi connectivity index (χ3n) is 4.47. The van der Waals surface area contributed by atoms with Crippen molar-refractivity contribution < 1.29 is 0 Å². The van der Waals surface area contributed by atoms with E-state index in [1.807, 2.05) is 55.5 Å². The second-order valence-corrected chi connectivity index (χ2v) is 8.82. The second-order valence-electron chi connectivity index (χ2n) is 6.29. The molecule has 1 aromatic heterocycles. The molecular weight excluding hydrogens is 448 g/mol. The van der Waals surface area contributed by atoms with Crippen molar-refractivity contribution in [2.75, 3.05) is 11.4 Å². The molecule has 0 atom stereocenters. The monoisotopic (exact) mass is 466 g/mol. The van der Waals surface area contributed by atoms with Gasteiger partial charge in [-0.25, -0.2) is 10.1 Å². The molecule has 31 heavy (non-hydrogen) atoms. The van der Waals surface area contributed by atoms with Crippen molar-refractivity contribution in [1.29, 1.82) is 5.26 Å². The molecule has 8 heteroatoms. The van der Waals surface area contributed by atoms with Crippen LogP contribution in [0.4, 0.5) is 5.69 Å². The molecule has 1 aromatic carbocycles. The summed E-state index contributed by atoms with van der Waals surface area (Å²) in [7, 11) is 0. The van der Waals surface area contributed by atoms with Gasteiger partial charge in [0.25, 0.3) is 11.3 Å². The minimum atomic E-state index is -0.188. The number of hydrogen-bond donors (Lipinski definition) is 0. The summed E-state index contributed by atoms with van der Waals surface area (Å²) in [6, 6.07) is 7.78. The van der Waals surface area contributed by atoms with Gasteiger partial charge in [-0.15, -0.1) is 11.3 Å². The summed E-state index contributed by atoms with van der Waals surface area (Å²) in [5.41, 5.74) is 0.914. The average molecular weight is 467 g/mol. The van der Waals surface area contributed by atoms with E-state index < -0.39 is 0 Å². The summed E-state index contributed by atoms with van der Waals surface area (Å²) in [5.74, 6) is 0. The van der Waals surface area contributed by atoms with Crippen molar-refractivity contribution in [1.82, 2.24) is 4.57 Å². The summed E-state index contributed by atoms with van der Waals surface area (Å²) in [6.45, 7) is 12.3. The number of rotatable bonds is 5. The molecule has 0 amide bonds. The topological polar surface area (TPSA) is 53.4 Å². The Morgan fingerprint density at radius 1 is 1.23 bits per heavy atom. The zero-order chi connectivity index (χ0) is 22.4. The van der Waals surface area contributed by atoms with Crippen LogP contribution in [0.2, 0.25) is 5.02 Å². The van der Waals surface area contributed by atoms with Crippen LogP contribution in [0.5, 0.6) is 0 Å². The Balaban J connectivity index is 1.80. The van der Waals surface area contributed by atoms with Gasteiger partial charge in [-0.3, -0.25) is 4.79 Å². The highest BCUT2D eigenvalue weighted by molar-refractivity contribution is 8.03. The number of hydrogen-bond acceptors (Lipinski definition) is 5. The van der Waals surface area contributed by atoms with Crippen molar-refractivity contribution in [2.24, 2.45) is 0 Å². The lowest BCUT2D eigenvalue weighted by Crippen LogP contribution is -2.31. The molecule has 2 heterocycles. The van der Waals surface area contributed by atoms with Crippen LogP contribution in [0.25, 0.3) is 16.6 Å². The van der Waals surface area contributed by atoms with Gasteiger partial charge >= 0.3 is 0 Å². The van der Waals surface area contributed by atoms with Gasteiger partial charge in [0.05, 0.1) is 27.9 Å². The van der Waals surface area contributed by atoms with Crippen LogP contribution >= 0.6 is 34.7 Å². The number of benzene rings is 1. The molecule has 0 saturated heterocycles. The lowest BCUT2D eigenvalue weighted by Gasteiger charge is -2.17. The maximum atomic E-state index is 12.5. The molecule has 0 saturated carbocycles. The fourth-order valence-corrected chi connectivity index (χ4v) is 5.53. The van der Waals surface area contributed by atoms with E-state index in [9.17, 15) is 4.79 Å². The summed E-state index contributed by atoms with van der Waals surface area (Å²) >= 11 is 8.95. The Hall–Kier alpha value is -2.97. The first-order valence-corrected chi connectivity index (χ1v) is 11.6. The fourth-order valence-electron chi connectivity index (χ4n) is 3.06. The van der Waals surface area contributed by atoms with Gasteiger partial charge < -0.3 is 9.47 Å². The largest absolute Gasteiger partial charge is 0.335 e. The Labute approximate surface area is 194 Å². The molecule has 156 valence electrons. The first kappa shape index (κ1) is 22.7. The summed E-state index contributed by atoms with van der Waals surface area (Å²) in [6.07, 6.45) is 11.2. The third kappa shape index (κ3) is 4.86. The molecular formula is C23H19ClN4OS2. The van der Waals surface area contributed by atoms with Crippen LogP contribution in [-0.2, 0) is 6.54 Å². The molecule has 0 unspecified atom stereocenters. The first-order valence-electron chi connectivity index (χ1n) is 9.55. The summed E-state index contributed by atoms with van der Waals surface area (Å²) < 4.78 is 2.36. The molecule has 0 bridgehead atoms. The predicted molar refractivity (Wildman–Crippen MR) is 130 cm³/mol. The molecule has 0 aliphatic carbocycles. The number of nitriles is 1. The minimum Gasteiger partial charge on any atom is -0.335 e. The highest BCUT2D eigenvalue weighted by atomic mass is 35.5. The van der Waals surface area contributed by atoms with Crippen molar-refractivity contribution in [2.45, 2.75) is 25.3 Å². The highest BCUT2D eigenvalue weighted by Crippen LogP contribution is 2.46. The fraction of sp³-hybridized carbons (Fsp3) is 0.174. The lowest BCUT2D eigenvalue weighted by molar-refractivity contribution is 0.722. The van der Waals surface area contributed by atoms with Gasteiger partial charge in [-0.1, -0.05) is 47.7 Å². The second kappa shape index (κ2) is 10.4. The van der Waals surface area contributed by atoms with Gasteiger partial charge in [-0.2, -0.15) is 0 Å². The van der Waals surface area contributed by atoms with E-state index >= 15 is 0 Å². The minimum absolute atomic E-state index is 0.0593. The van der Waals surface area contributed by atoms with Crippen LogP contribution in [0.15, 0.2) is 63.3 Å². The van der Waals surface area contributed by atoms with E-state index in [2.05, 4.69) is 16.7 Å². The van der Waals surface area contributed by atoms with Gasteiger partial charge in [0.1, 0.15) is 4.66 Å².